The molecule has 0 bridgehead atoms. The molecule has 3 amide bonds. The van der Waals surface area contributed by atoms with Crippen LogP contribution < -0.4 is 16.4 Å². The van der Waals surface area contributed by atoms with Crippen LogP contribution in [0.5, 0.6) is 0 Å². The van der Waals surface area contributed by atoms with E-state index < -0.39 is 17.9 Å². The van der Waals surface area contributed by atoms with Gasteiger partial charge in [0, 0.05) is 24.6 Å². The normalized spacial score (nSPS) is 11.5. The molecule has 1 atom stereocenters. The third-order valence-electron chi connectivity index (χ3n) is 4.15. The third-order valence-corrected chi connectivity index (χ3v) is 4.15. The van der Waals surface area contributed by atoms with E-state index in [2.05, 4.69) is 10.6 Å². The number of anilines is 1. The molecule has 0 spiro atoms. The van der Waals surface area contributed by atoms with E-state index in [0.717, 1.165) is 16.7 Å². The Morgan fingerprint density at radius 3 is 2.23 bits per heavy atom. The second-order valence-electron chi connectivity index (χ2n) is 6.26. The molecule has 2 aromatic rings. The summed E-state index contributed by atoms with van der Waals surface area (Å²) < 4.78 is 0. The number of benzene rings is 2. The Bertz CT molecular complexity index is 826. The number of nitrogens with one attached hydrogen (secondary N) is 2. The molecular weight excluding hydrogens is 330 g/mol. The first kappa shape index (κ1) is 19.2. The van der Waals surface area contributed by atoms with Crippen LogP contribution >= 0.6 is 0 Å². The summed E-state index contributed by atoms with van der Waals surface area (Å²) in [5, 5.41) is 5.31. The van der Waals surface area contributed by atoms with Crippen molar-refractivity contribution in [2.75, 3.05) is 5.32 Å². The summed E-state index contributed by atoms with van der Waals surface area (Å²) in [6.07, 6.45) is 0.324. The second kappa shape index (κ2) is 8.29. The fraction of sp³-hybridized carbons (Fsp3) is 0.250. The highest BCUT2D eigenvalue weighted by atomic mass is 16.2. The first-order valence-electron chi connectivity index (χ1n) is 8.31. The van der Waals surface area contributed by atoms with Gasteiger partial charge in [-0.15, -0.1) is 0 Å². The third kappa shape index (κ3) is 4.92. The Kier molecular flexibility index (Phi) is 6.11. The van der Waals surface area contributed by atoms with Crippen molar-refractivity contribution >= 4 is 23.4 Å². The SMILES string of the molecule is CC(=O)Nc1cccc(C(=O)N[C@H](Cc2c(C)cccc2C)C(N)=O)c1. The molecule has 6 heteroatoms. The van der Waals surface area contributed by atoms with Crippen molar-refractivity contribution in [3.05, 3.63) is 64.7 Å². The summed E-state index contributed by atoms with van der Waals surface area (Å²) in [6.45, 7) is 5.30. The lowest BCUT2D eigenvalue weighted by molar-refractivity contribution is -0.119. The average molecular weight is 353 g/mol. The molecule has 2 aromatic carbocycles. The van der Waals surface area contributed by atoms with Crippen molar-refractivity contribution < 1.29 is 14.4 Å². The monoisotopic (exact) mass is 353 g/mol. The quantitative estimate of drug-likeness (QED) is 0.741. The predicted octanol–water partition coefficient (Wildman–Crippen LogP) is 2.09. The van der Waals surface area contributed by atoms with Crippen LogP contribution in [0.1, 0.15) is 34.0 Å². The number of nitrogens with two attached hydrogens (primary N) is 1. The molecule has 0 aromatic heterocycles. The summed E-state index contributed by atoms with van der Waals surface area (Å²) >= 11 is 0. The highest BCUT2D eigenvalue weighted by molar-refractivity contribution is 5.99. The minimum Gasteiger partial charge on any atom is -0.368 e. The van der Waals surface area contributed by atoms with Gasteiger partial charge < -0.3 is 16.4 Å². The highest BCUT2D eigenvalue weighted by Gasteiger charge is 2.21. The van der Waals surface area contributed by atoms with Crippen LogP contribution in [0.4, 0.5) is 5.69 Å². The van der Waals surface area contributed by atoms with Gasteiger partial charge in [0.15, 0.2) is 0 Å². The number of primary amides is 1. The molecule has 2 rings (SSSR count). The molecule has 0 aliphatic heterocycles. The molecule has 0 saturated heterocycles. The topological polar surface area (TPSA) is 101 Å². The van der Waals surface area contributed by atoms with E-state index in [4.69, 9.17) is 5.73 Å². The molecule has 0 aliphatic rings. The lowest BCUT2D eigenvalue weighted by Crippen LogP contribution is -2.46. The van der Waals surface area contributed by atoms with Gasteiger partial charge in [-0.3, -0.25) is 14.4 Å². The van der Waals surface area contributed by atoms with E-state index in [1.807, 2.05) is 32.0 Å². The number of amides is 3. The molecule has 6 nitrogen and oxygen atoms in total. The molecule has 0 aliphatic carbocycles. The van der Waals surface area contributed by atoms with E-state index in [9.17, 15) is 14.4 Å². The van der Waals surface area contributed by atoms with Gasteiger partial charge in [-0.25, -0.2) is 0 Å². The summed E-state index contributed by atoms with van der Waals surface area (Å²) in [5.41, 5.74) is 9.41. The van der Waals surface area contributed by atoms with E-state index in [1.54, 1.807) is 24.3 Å². The van der Waals surface area contributed by atoms with E-state index >= 15 is 0 Å². The van der Waals surface area contributed by atoms with Gasteiger partial charge in [-0.05, 0) is 48.7 Å². The predicted molar refractivity (Wildman–Crippen MR) is 101 cm³/mol. The zero-order chi connectivity index (χ0) is 19.3. The highest BCUT2D eigenvalue weighted by Crippen LogP contribution is 2.16. The zero-order valence-electron chi connectivity index (χ0n) is 15.1. The number of hydrogen-bond donors (Lipinski definition) is 3. The van der Waals surface area contributed by atoms with Crippen molar-refractivity contribution in [2.45, 2.75) is 33.2 Å². The summed E-state index contributed by atoms with van der Waals surface area (Å²) in [7, 11) is 0. The van der Waals surface area contributed by atoms with Crippen molar-refractivity contribution in [1.29, 1.82) is 0 Å². The Labute approximate surface area is 152 Å². The number of carbonyl (C=O) groups excluding carboxylic acids is 3. The molecule has 0 radical (unpaired) electrons. The van der Waals surface area contributed by atoms with Crippen molar-refractivity contribution in [2.24, 2.45) is 5.73 Å². The Balaban J connectivity index is 2.18. The van der Waals surface area contributed by atoms with Gasteiger partial charge in [0.05, 0.1) is 0 Å². The van der Waals surface area contributed by atoms with E-state index in [-0.39, 0.29) is 5.91 Å². The standard InChI is InChI=1S/C20H23N3O3/c1-12-6-4-7-13(2)17(12)11-18(19(21)25)23-20(26)15-8-5-9-16(10-15)22-14(3)24/h4-10,18H,11H2,1-3H3,(H2,21,25)(H,22,24)(H,23,26)/t18-/m1/s1. The van der Waals surface area contributed by atoms with Crippen LogP contribution in [0.3, 0.4) is 0 Å². The van der Waals surface area contributed by atoms with Crippen LogP contribution in [0.25, 0.3) is 0 Å². The number of hydrogen-bond acceptors (Lipinski definition) is 3. The largest absolute Gasteiger partial charge is 0.368 e. The molecule has 4 N–H and O–H groups in total. The summed E-state index contributed by atoms with van der Waals surface area (Å²) in [5.74, 6) is -1.25. The fourth-order valence-corrected chi connectivity index (χ4v) is 2.78. The zero-order valence-corrected chi connectivity index (χ0v) is 15.1. The van der Waals surface area contributed by atoms with Crippen LogP contribution in [-0.2, 0) is 16.0 Å². The van der Waals surface area contributed by atoms with Gasteiger partial charge in [0.25, 0.3) is 5.91 Å². The maximum Gasteiger partial charge on any atom is 0.252 e. The van der Waals surface area contributed by atoms with Gasteiger partial charge in [0.1, 0.15) is 6.04 Å². The van der Waals surface area contributed by atoms with Crippen molar-refractivity contribution in [3.8, 4) is 0 Å². The van der Waals surface area contributed by atoms with Gasteiger partial charge in [-0.1, -0.05) is 24.3 Å². The van der Waals surface area contributed by atoms with Crippen LogP contribution in [0, 0.1) is 13.8 Å². The molecule has 136 valence electrons. The van der Waals surface area contributed by atoms with Crippen LogP contribution in [-0.4, -0.2) is 23.8 Å². The average Bonchev–Trinajstić information content (AvgIpc) is 2.56. The number of carbonyl (C=O) groups is 3. The number of rotatable bonds is 6. The van der Waals surface area contributed by atoms with Gasteiger partial charge in [-0.2, -0.15) is 0 Å². The second-order valence-corrected chi connectivity index (χ2v) is 6.26. The fourth-order valence-electron chi connectivity index (χ4n) is 2.78. The first-order valence-corrected chi connectivity index (χ1v) is 8.31. The van der Waals surface area contributed by atoms with Crippen LogP contribution in [0.15, 0.2) is 42.5 Å². The minimum atomic E-state index is -0.827. The lowest BCUT2D eigenvalue weighted by Gasteiger charge is -2.18. The smallest absolute Gasteiger partial charge is 0.252 e. The molecular formula is C20H23N3O3. The maximum atomic E-state index is 12.5. The maximum absolute atomic E-state index is 12.5. The van der Waals surface area contributed by atoms with Gasteiger partial charge >= 0.3 is 0 Å². The van der Waals surface area contributed by atoms with Crippen LogP contribution in [0.2, 0.25) is 0 Å². The van der Waals surface area contributed by atoms with E-state index in [1.165, 1.54) is 6.92 Å². The Hall–Kier alpha value is -3.15. The summed E-state index contributed by atoms with van der Waals surface area (Å²) in [4.78, 5) is 35.5. The molecule has 0 heterocycles. The van der Waals surface area contributed by atoms with Gasteiger partial charge in [0.2, 0.25) is 11.8 Å². The summed E-state index contributed by atoms with van der Waals surface area (Å²) in [6, 6.07) is 11.5. The van der Waals surface area contributed by atoms with E-state index in [0.29, 0.717) is 17.7 Å². The number of aryl methyl sites for hydroxylation is 2. The lowest BCUT2D eigenvalue weighted by atomic mass is 9.96. The Morgan fingerprint density at radius 2 is 1.65 bits per heavy atom. The molecule has 0 fully saturated rings. The molecule has 0 saturated carbocycles. The Morgan fingerprint density at radius 1 is 1.04 bits per heavy atom. The molecule has 26 heavy (non-hydrogen) atoms. The minimum absolute atomic E-state index is 0.229. The van der Waals surface area contributed by atoms with Crippen molar-refractivity contribution in [1.82, 2.24) is 5.32 Å². The molecule has 0 unspecified atom stereocenters. The first-order chi connectivity index (χ1) is 12.3. The van der Waals surface area contributed by atoms with Crippen molar-refractivity contribution in [3.63, 3.8) is 0 Å².